The Morgan fingerprint density at radius 3 is 2.59 bits per heavy atom. The molecule has 0 saturated carbocycles. The van der Waals surface area contributed by atoms with Crippen LogP contribution >= 0.6 is 0 Å². The molecule has 152 valence electrons. The number of carbonyl (C=O) groups is 2. The van der Waals surface area contributed by atoms with Crippen molar-refractivity contribution in [1.29, 1.82) is 0 Å². The first kappa shape index (κ1) is 20.5. The molecule has 1 unspecified atom stereocenters. The highest BCUT2D eigenvalue weighted by Crippen LogP contribution is 2.21. The molecule has 3 rings (SSSR count). The third-order valence-electron chi connectivity index (χ3n) is 4.52. The second kappa shape index (κ2) is 8.86. The molecule has 0 aliphatic rings. The Labute approximate surface area is 169 Å². The topological polar surface area (TPSA) is 94.3 Å². The smallest absolute Gasteiger partial charge is 0.308 e. The molecule has 7 nitrogen and oxygen atoms in total. The van der Waals surface area contributed by atoms with Crippen LogP contribution in [0.15, 0.2) is 41.1 Å². The summed E-state index contributed by atoms with van der Waals surface area (Å²) in [5.74, 6) is -0.697. The Kier molecular flexibility index (Phi) is 6.26. The van der Waals surface area contributed by atoms with Crippen molar-refractivity contribution < 1.29 is 18.8 Å². The molecule has 0 radical (unpaired) electrons. The molecule has 1 N–H and O–H groups in total. The number of nitrogens with zero attached hydrogens (tertiary/aromatic N) is 2. The monoisotopic (exact) mass is 395 g/mol. The van der Waals surface area contributed by atoms with E-state index in [1.807, 2.05) is 38.1 Å². The van der Waals surface area contributed by atoms with E-state index in [0.717, 1.165) is 16.8 Å². The molecule has 3 aromatic rings. The second-order valence-electron chi connectivity index (χ2n) is 7.24. The number of nitrogens with one attached hydrogen (secondary N) is 1. The molecular weight excluding hydrogens is 370 g/mol. The normalized spacial score (nSPS) is 12.2. The van der Waals surface area contributed by atoms with Gasteiger partial charge in [-0.05, 0) is 38.8 Å². The first-order chi connectivity index (χ1) is 13.9. The summed E-state index contributed by atoms with van der Waals surface area (Å²) >= 11 is 0. The Morgan fingerprint density at radius 2 is 1.93 bits per heavy atom. The molecule has 2 heterocycles. The van der Waals surface area contributed by atoms with Crippen LogP contribution in [0.5, 0.6) is 0 Å². The summed E-state index contributed by atoms with van der Waals surface area (Å²) in [7, 11) is 0. The number of fused-ring (bicyclic) bond motifs is 1. The van der Waals surface area contributed by atoms with Gasteiger partial charge in [-0.2, -0.15) is 0 Å². The van der Waals surface area contributed by atoms with Gasteiger partial charge in [0.15, 0.2) is 0 Å². The number of pyridine rings is 1. The van der Waals surface area contributed by atoms with Crippen molar-refractivity contribution in [3.63, 3.8) is 0 Å². The van der Waals surface area contributed by atoms with Crippen molar-refractivity contribution in [2.45, 2.75) is 52.7 Å². The quantitative estimate of drug-likeness (QED) is 0.610. The van der Waals surface area contributed by atoms with E-state index in [1.54, 1.807) is 19.9 Å². The average molecular weight is 395 g/mol. The van der Waals surface area contributed by atoms with Crippen LogP contribution in [-0.4, -0.2) is 28.1 Å². The van der Waals surface area contributed by atoms with Crippen LogP contribution in [0, 0.1) is 6.92 Å². The number of hydrogen-bond donors (Lipinski definition) is 1. The molecule has 0 bridgehead atoms. The van der Waals surface area contributed by atoms with Crippen LogP contribution in [0.2, 0.25) is 0 Å². The van der Waals surface area contributed by atoms with E-state index in [1.165, 1.54) is 6.20 Å². The van der Waals surface area contributed by atoms with Crippen LogP contribution in [0.1, 0.15) is 60.4 Å². The van der Waals surface area contributed by atoms with Gasteiger partial charge in [0.25, 0.3) is 11.6 Å². The van der Waals surface area contributed by atoms with Gasteiger partial charge in [0.05, 0.1) is 35.2 Å². The van der Waals surface area contributed by atoms with Crippen LogP contribution in [0.3, 0.4) is 0 Å². The lowest BCUT2D eigenvalue weighted by Crippen LogP contribution is -2.31. The highest BCUT2D eigenvalue weighted by Gasteiger charge is 2.22. The maximum Gasteiger partial charge on any atom is 0.308 e. The molecule has 0 aliphatic carbocycles. The average Bonchev–Trinajstić information content (AvgIpc) is 3.09. The number of ether oxygens (including phenoxy) is 1. The molecule has 1 aromatic carbocycles. The third-order valence-corrected chi connectivity index (χ3v) is 4.52. The van der Waals surface area contributed by atoms with Gasteiger partial charge in [-0.25, -0.2) is 4.98 Å². The zero-order valence-electron chi connectivity index (χ0n) is 17.1. The number of carbonyl (C=O) groups excluding carboxylic acids is 2. The number of aromatic nitrogens is 2. The van der Waals surface area contributed by atoms with E-state index in [0.29, 0.717) is 23.1 Å². The van der Waals surface area contributed by atoms with Gasteiger partial charge in [0.2, 0.25) is 0 Å². The Bertz CT molecular complexity index is 1010. The minimum Gasteiger partial charge on any atom is -0.463 e. The number of aryl methyl sites for hydroxylation is 2. The highest BCUT2D eigenvalue weighted by molar-refractivity contribution is 5.97. The fourth-order valence-electron chi connectivity index (χ4n) is 3.03. The first-order valence-electron chi connectivity index (χ1n) is 9.68. The van der Waals surface area contributed by atoms with Crippen molar-refractivity contribution in [2.24, 2.45) is 0 Å². The number of rotatable bonds is 7. The van der Waals surface area contributed by atoms with Crippen molar-refractivity contribution in [3.05, 3.63) is 58.9 Å². The molecular formula is C22H25N3O4. The van der Waals surface area contributed by atoms with E-state index in [-0.39, 0.29) is 24.4 Å². The van der Waals surface area contributed by atoms with Crippen LogP contribution in [0.4, 0.5) is 0 Å². The van der Waals surface area contributed by atoms with E-state index in [4.69, 9.17) is 9.26 Å². The third kappa shape index (κ3) is 4.99. The van der Waals surface area contributed by atoms with Gasteiger partial charge in [-0.3, -0.25) is 9.59 Å². The van der Waals surface area contributed by atoms with Crippen molar-refractivity contribution in [2.75, 3.05) is 0 Å². The van der Waals surface area contributed by atoms with Gasteiger partial charge in [0, 0.05) is 6.20 Å². The van der Waals surface area contributed by atoms with Crippen LogP contribution < -0.4 is 5.32 Å². The highest BCUT2D eigenvalue weighted by atomic mass is 16.5. The van der Waals surface area contributed by atoms with E-state index in [2.05, 4.69) is 15.5 Å². The lowest BCUT2D eigenvalue weighted by molar-refractivity contribution is -0.147. The first-order valence-corrected chi connectivity index (χ1v) is 9.68. The van der Waals surface area contributed by atoms with Gasteiger partial charge in [0.1, 0.15) is 0 Å². The van der Waals surface area contributed by atoms with E-state index >= 15 is 0 Å². The summed E-state index contributed by atoms with van der Waals surface area (Å²) in [4.78, 5) is 29.3. The summed E-state index contributed by atoms with van der Waals surface area (Å²) in [6, 6.07) is 8.89. The minimum atomic E-state index is -0.516. The molecule has 1 amide bonds. The van der Waals surface area contributed by atoms with Crippen LogP contribution in [-0.2, 0) is 16.0 Å². The zero-order valence-corrected chi connectivity index (χ0v) is 17.1. The van der Waals surface area contributed by atoms with Crippen molar-refractivity contribution in [3.8, 4) is 0 Å². The molecule has 0 saturated heterocycles. The summed E-state index contributed by atoms with van der Waals surface area (Å²) in [5.41, 5.74) is 3.45. The molecule has 0 aliphatic heterocycles. The molecule has 7 heteroatoms. The van der Waals surface area contributed by atoms with Gasteiger partial charge >= 0.3 is 5.97 Å². The molecule has 1 atom stereocenters. The maximum atomic E-state index is 12.9. The Hall–Kier alpha value is -3.22. The molecule has 2 aromatic heterocycles. The number of amides is 1. The molecule has 29 heavy (non-hydrogen) atoms. The van der Waals surface area contributed by atoms with Crippen molar-refractivity contribution >= 4 is 23.0 Å². The standard InChI is InChI=1S/C22H25N3O4/c1-5-18-17-10-16(12-23-22(17)29-25-18)21(27)24-19(11-20(26)28-13(2)3)15-8-6-14(4)7-9-15/h6-10,12-13,19H,5,11H2,1-4H3,(H,24,27). The maximum absolute atomic E-state index is 12.9. The predicted molar refractivity (Wildman–Crippen MR) is 108 cm³/mol. The largest absolute Gasteiger partial charge is 0.463 e. The van der Waals surface area contributed by atoms with Gasteiger partial charge in [-0.1, -0.05) is 41.9 Å². The number of benzene rings is 1. The lowest BCUT2D eigenvalue weighted by Gasteiger charge is -2.19. The number of hydrogen-bond acceptors (Lipinski definition) is 6. The second-order valence-corrected chi connectivity index (χ2v) is 7.24. The summed E-state index contributed by atoms with van der Waals surface area (Å²) < 4.78 is 10.4. The molecule has 0 spiro atoms. The van der Waals surface area contributed by atoms with Gasteiger partial charge in [-0.15, -0.1) is 0 Å². The summed E-state index contributed by atoms with van der Waals surface area (Å²) in [5, 5.41) is 7.62. The van der Waals surface area contributed by atoms with Gasteiger partial charge < -0.3 is 14.6 Å². The molecule has 0 fully saturated rings. The number of esters is 1. The fourth-order valence-corrected chi connectivity index (χ4v) is 3.03. The van der Waals surface area contributed by atoms with Crippen molar-refractivity contribution in [1.82, 2.24) is 15.5 Å². The Balaban J connectivity index is 1.85. The zero-order chi connectivity index (χ0) is 21.0. The van der Waals surface area contributed by atoms with Crippen LogP contribution in [0.25, 0.3) is 11.1 Å². The van der Waals surface area contributed by atoms with E-state index < -0.39 is 6.04 Å². The Morgan fingerprint density at radius 1 is 1.21 bits per heavy atom. The summed E-state index contributed by atoms with van der Waals surface area (Å²) in [6.07, 6.45) is 1.94. The SMILES string of the molecule is CCc1noc2ncc(C(=O)NC(CC(=O)OC(C)C)c3ccc(C)cc3)cc12. The summed E-state index contributed by atoms with van der Waals surface area (Å²) in [6.45, 7) is 7.53. The lowest BCUT2D eigenvalue weighted by atomic mass is 10.0. The predicted octanol–water partition coefficient (Wildman–Crippen LogP) is 3.91. The van der Waals surface area contributed by atoms with E-state index in [9.17, 15) is 9.59 Å². The minimum absolute atomic E-state index is 0.0378. The fraction of sp³-hybridized carbons (Fsp3) is 0.364.